The number of ether oxygens (including phenoxy) is 2. The van der Waals surface area contributed by atoms with Gasteiger partial charge in [0.1, 0.15) is 18.2 Å². The lowest BCUT2D eigenvalue weighted by atomic mass is 10.0. The third kappa shape index (κ3) is 4.23. The van der Waals surface area contributed by atoms with Crippen LogP contribution < -0.4 is 4.74 Å². The summed E-state index contributed by atoms with van der Waals surface area (Å²) in [4.78, 5) is 21.5. The van der Waals surface area contributed by atoms with Gasteiger partial charge in [0.05, 0.1) is 24.1 Å². The molecule has 0 radical (unpaired) electrons. The Balaban J connectivity index is 1.13. The van der Waals surface area contributed by atoms with Crippen molar-refractivity contribution >= 4 is 17.1 Å². The van der Waals surface area contributed by atoms with Crippen LogP contribution in [0.15, 0.2) is 54.6 Å². The number of piperidine rings is 1. The quantitative estimate of drug-likeness (QED) is 0.611. The Morgan fingerprint density at radius 1 is 1.06 bits per heavy atom. The number of likely N-dealkylation sites (tertiary alicyclic amines) is 1. The number of para-hydroxylation sites is 3. The molecule has 0 N–H and O–H groups in total. The highest BCUT2D eigenvalue weighted by Gasteiger charge is 2.37. The van der Waals surface area contributed by atoms with E-state index in [4.69, 9.17) is 14.5 Å². The average Bonchev–Trinajstić information content (AvgIpc) is 3.33. The zero-order chi connectivity index (χ0) is 21.2. The van der Waals surface area contributed by atoms with Gasteiger partial charge in [0.2, 0.25) is 0 Å². The molecule has 2 aliphatic heterocycles. The monoisotopic (exact) mass is 420 g/mol. The van der Waals surface area contributed by atoms with Gasteiger partial charge < -0.3 is 18.9 Å². The molecule has 7 nitrogen and oxygen atoms in total. The number of cyclic esters (lactones) is 1. The molecule has 31 heavy (non-hydrogen) atoms. The van der Waals surface area contributed by atoms with Crippen LogP contribution in [0.25, 0.3) is 11.0 Å². The van der Waals surface area contributed by atoms with Crippen molar-refractivity contribution in [1.29, 1.82) is 0 Å². The molecule has 0 bridgehead atoms. The summed E-state index contributed by atoms with van der Waals surface area (Å²) in [7, 11) is 2.08. The molecular formula is C24H28N4O3. The Morgan fingerprint density at radius 2 is 1.81 bits per heavy atom. The van der Waals surface area contributed by atoms with E-state index in [0.29, 0.717) is 13.2 Å². The fraction of sp³-hybridized carbons (Fsp3) is 0.417. The molecule has 2 aromatic carbocycles. The van der Waals surface area contributed by atoms with Crippen molar-refractivity contribution in [3.8, 4) is 5.75 Å². The minimum Gasteiger partial charge on any atom is -0.490 e. The maximum Gasteiger partial charge on any atom is 0.410 e. The van der Waals surface area contributed by atoms with Gasteiger partial charge in [-0.25, -0.2) is 9.78 Å². The van der Waals surface area contributed by atoms with Crippen molar-refractivity contribution in [3.05, 3.63) is 60.4 Å². The summed E-state index contributed by atoms with van der Waals surface area (Å²) in [5.41, 5.74) is 2.20. The molecule has 1 atom stereocenters. The first-order valence-corrected chi connectivity index (χ1v) is 10.9. The SMILES string of the molecule is Cn1c(CN2CCC(N3CC(COc4ccccc4)OC3=O)CC2)nc2ccccc21. The van der Waals surface area contributed by atoms with Crippen molar-refractivity contribution in [2.75, 3.05) is 26.2 Å². The number of benzene rings is 2. The van der Waals surface area contributed by atoms with Crippen LogP contribution in [0.3, 0.4) is 0 Å². The van der Waals surface area contributed by atoms with Crippen LogP contribution in [-0.4, -0.2) is 63.8 Å². The van der Waals surface area contributed by atoms with Gasteiger partial charge in [-0.2, -0.15) is 0 Å². The van der Waals surface area contributed by atoms with Crippen LogP contribution >= 0.6 is 0 Å². The van der Waals surface area contributed by atoms with E-state index in [1.807, 2.05) is 47.4 Å². The fourth-order valence-corrected chi connectivity index (χ4v) is 4.56. The number of nitrogens with zero attached hydrogens (tertiary/aromatic N) is 4. The summed E-state index contributed by atoms with van der Waals surface area (Å²) in [6.45, 7) is 3.71. The normalized spacial score (nSPS) is 20.4. The van der Waals surface area contributed by atoms with Gasteiger partial charge in [-0.3, -0.25) is 4.90 Å². The Bertz CT molecular complexity index is 1040. The molecular weight excluding hydrogens is 392 g/mol. The summed E-state index contributed by atoms with van der Waals surface area (Å²) in [6.07, 6.45) is 1.47. The number of imidazole rings is 1. The van der Waals surface area contributed by atoms with Crippen molar-refractivity contribution in [1.82, 2.24) is 19.4 Å². The molecule has 2 aliphatic rings. The largest absolute Gasteiger partial charge is 0.490 e. The van der Waals surface area contributed by atoms with E-state index < -0.39 is 0 Å². The first-order chi connectivity index (χ1) is 15.2. The van der Waals surface area contributed by atoms with Gasteiger partial charge in [-0.15, -0.1) is 0 Å². The number of amides is 1. The molecule has 0 aliphatic carbocycles. The smallest absolute Gasteiger partial charge is 0.410 e. The summed E-state index contributed by atoms with van der Waals surface area (Å²) in [6, 6.07) is 18.1. The first-order valence-electron chi connectivity index (χ1n) is 10.9. The average molecular weight is 421 g/mol. The highest BCUT2D eigenvalue weighted by Crippen LogP contribution is 2.24. The van der Waals surface area contributed by atoms with Crippen molar-refractivity contribution in [2.24, 2.45) is 7.05 Å². The van der Waals surface area contributed by atoms with E-state index in [2.05, 4.69) is 28.6 Å². The minimum atomic E-state index is -0.217. The third-order valence-corrected chi connectivity index (χ3v) is 6.32. The summed E-state index contributed by atoms with van der Waals surface area (Å²) >= 11 is 0. The number of aryl methyl sites for hydroxylation is 1. The van der Waals surface area contributed by atoms with Crippen molar-refractivity contribution < 1.29 is 14.3 Å². The second-order valence-corrected chi connectivity index (χ2v) is 8.37. The Hall–Kier alpha value is -3.06. The maximum absolute atomic E-state index is 12.4. The van der Waals surface area contributed by atoms with Crippen molar-refractivity contribution in [2.45, 2.75) is 31.5 Å². The molecule has 1 aromatic heterocycles. The van der Waals surface area contributed by atoms with Gasteiger partial charge in [-0.1, -0.05) is 30.3 Å². The summed E-state index contributed by atoms with van der Waals surface area (Å²) in [5.74, 6) is 1.88. The molecule has 3 heterocycles. The van der Waals surface area contributed by atoms with Crippen LogP contribution in [0.4, 0.5) is 4.79 Å². The van der Waals surface area contributed by atoms with Gasteiger partial charge in [-0.05, 0) is 37.1 Å². The number of carbonyl (C=O) groups excluding carboxylic acids is 1. The number of rotatable bonds is 6. The summed E-state index contributed by atoms with van der Waals surface area (Å²) < 4.78 is 13.5. The number of hydrogen-bond acceptors (Lipinski definition) is 5. The number of hydrogen-bond donors (Lipinski definition) is 0. The molecule has 5 rings (SSSR count). The van der Waals surface area contributed by atoms with E-state index in [9.17, 15) is 4.79 Å². The highest BCUT2D eigenvalue weighted by molar-refractivity contribution is 5.75. The van der Waals surface area contributed by atoms with Crippen LogP contribution in [0.2, 0.25) is 0 Å². The molecule has 0 spiro atoms. The van der Waals surface area contributed by atoms with Crippen molar-refractivity contribution in [3.63, 3.8) is 0 Å². The molecule has 2 saturated heterocycles. The number of aromatic nitrogens is 2. The van der Waals surface area contributed by atoms with Gasteiger partial charge in [0, 0.05) is 26.2 Å². The Kier molecular flexibility index (Phi) is 5.51. The van der Waals surface area contributed by atoms with Gasteiger partial charge in [0.25, 0.3) is 0 Å². The predicted molar refractivity (Wildman–Crippen MR) is 118 cm³/mol. The lowest BCUT2D eigenvalue weighted by Gasteiger charge is -2.35. The Labute approximate surface area is 182 Å². The molecule has 1 unspecified atom stereocenters. The molecule has 162 valence electrons. The van der Waals surface area contributed by atoms with Gasteiger partial charge in [0.15, 0.2) is 6.10 Å². The van der Waals surface area contributed by atoms with Crippen LogP contribution in [0, 0.1) is 0 Å². The molecule has 1 amide bonds. The summed E-state index contributed by atoms with van der Waals surface area (Å²) in [5, 5.41) is 0. The number of fused-ring (bicyclic) bond motifs is 1. The zero-order valence-corrected chi connectivity index (χ0v) is 17.8. The first kappa shape index (κ1) is 19.9. The van der Waals surface area contributed by atoms with Crippen LogP contribution in [-0.2, 0) is 18.3 Å². The minimum absolute atomic E-state index is 0.213. The van der Waals surface area contributed by atoms with E-state index in [-0.39, 0.29) is 18.2 Å². The molecule has 2 fully saturated rings. The lowest BCUT2D eigenvalue weighted by Crippen LogP contribution is -2.45. The molecule has 0 saturated carbocycles. The maximum atomic E-state index is 12.4. The lowest BCUT2D eigenvalue weighted by molar-refractivity contribution is 0.0968. The van der Waals surface area contributed by atoms with Crippen LogP contribution in [0.5, 0.6) is 5.75 Å². The molecule has 7 heteroatoms. The van der Waals surface area contributed by atoms with Crippen LogP contribution in [0.1, 0.15) is 18.7 Å². The van der Waals surface area contributed by atoms with E-state index >= 15 is 0 Å². The second kappa shape index (κ2) is 8.59. The van der Waals surface area contributed by atoms with E-state index in [0.717, 1.165) is 55.1 Å². The number of carbonyl (C=O) groups is 1. The standard InChI is InChI=1S/C24H28N4O3/c1-26-22-10-6-5-9-21(22)25-23(26)16-27-13-11-18(12-14-27)28-15-20(31-24(28)29)17-30-19-7-3-2-4-8-19/h2-10,18,20H,11-17H2,1H3. The van der Waals surface area contributed by atoms with E-state index in [1.54, 1.807) is 0 Å². The van der Waals surface area contributed by atoms with Gasteiger partial charge >= 0.3 is 6.09 Å². The highest BCUT2D eigenvalue weighted by atomic mass is 16.6. The predicted octanol–water partition coefficient (Wildman–Crippen LogP) is 3.44. The molecule has 3 aromatic rings. The Morgan fingerprint density at radius 3 is 2.58 bits per heavy atom. The fourth-order valence-electron chi connectivity index (χ4n) is 4.56. The zero-order valence-electron chi connectivity index (χ0n) is 17.8. The topological polar surface area (TPSA) is 59.8 Å². The second-order valence-electron chi connectivity index (χ2n) is 8.37. The van der Waals surface area contributed by atoms with E-state index in [1.165, 1.54) is 0 Å². The third-order valence-electron chi connectivity index (χ3n) is 6.32.